The summed E-state index contributed by atoms with van der Waals surface area (Å²) in [5, 5.41) is 3.27. The highest BCUT2D eigenvalue weighted by Crippen LogP contribution is 2.34. The standard InChI is InChI=1S/C24H19N5O2/c1-30-22-12-11-17(15-26-22)28-23-24-27-16-20(29(24)14-13-25-23)19-9-5-6-10-21(19)31-18-7-3-2-4-8-18/h2-16H,1H3,(H,25,28). The molecule has 0 saturated heterocycles. The number of hydrogen-bond donors (Lipinski definition) is 1. The average Bonchev–Trinajstić information content (AvgIpc) is 3.26. The zero-order valence-electron chi connectivity index (χ0n) is 16.8. The molecule has 1 N–H and O–H groups in total. The van der Waals surface area contributed by atoms with Crippen LogP contribution in [0.5, 0.6) is 17.4 Å². The SMILES string of the molecule is COc1ccc(Nc2nccn3c(-c4ccccc4Oc4ccccc4)cnc23)cn1. The van der Waals surface area contributed by atoms with Gasteiger partial charge in [-0.15, -0.1) is 0 Å². The summed E-state index contributed by atoms with van der Waals surface area (Å²) in [5.41, 5.74) is 3.32. The van der Waals surface area contributed by atoms with Crippen LogP contribution in [-0.4, -0.2) is 26.5 Å². The molecule has 0 atom stereocenters. The monoisotopic (exact) mass is 409 g/mol. The third-order valence-corrected chi connectivity index (χ3v) is 4.77. The predicted molar refractivity (Wildman–Crippen MR) is 119 cm³/mol. The first-order chi connectivity index (χ1) is 15.3. The van der Waals surface area contributed by atoms with Crippen molar-refractivity contribution in [2.45, 2.75) is 0 Å². The van der Waals surface area contributed by atoms with Crippen molar-refractivity contribution in [2.24, 2.45) is 0 Å². The van der Waals surface area contributed by atoms with Gasteiger partial charge in [0.25, 0.3) is 0 Å². The molecule has 0 aliphatic rings. The molecule has 5 aromatic rings. The maximum atomic E-state index is 6.14. The average molecular weight is 409 g/mol. The number of para-hydroxylation sites is 2. The number of nitrogens with zero attached hydrogens (tertiary/aromatic N) is 4. The van der Waals surface area contributed by atoms with Crippen LogP contribution in [0, 0.1) is 0 Å². The summed E-state index contributed by atoms with van der Waals surface area (Å²) < 4.78 is 13.2. The maximum absolute atomic E-state index is 6.14. The summed E-state index contributed by atoms with van der Waals surface area (Å²) >= 11 is 0. The van der Waals surface area contributed by atoms with E-state index in [4.69, 9.17) is 9.47 Å². The van der Waals surface area contributed by atoms with Crippen molar-refractivity contribution in [3.05, 3.63) is 91.5 Å². The van der Waals surface area contributed by atoms with Crippen LogP contribution in [0.4, 0.5) is 11.5 Å². The molecule has 3 aromatic heterocycles. The Bertz CT molecular complexity index is 1320. The van der Waals surface area contributed by atoms with Crippen molar-refractivity contribution in [1.29, 1.82) is 0 Å². The van der Waals surface area contributed by atoms with E-state index in [1.807, 2.05) is 77.5 Å². The van der Waals surface area contributed by atoms with E-state index in [9.17, 15) is 0 Å². The minimum Gasteiger partial charge on any atom is -0.481 e. The van der Waals surface area contributed by atoms with Crippen molar-refractivity contribution in [3.8, 4) is 28.6 Å². The molecule has 7 heteroatoms. The van der Waals surface area contributed by atoms with Crippen molar-refractivity contribution < 1.29 is 9.47 Å². The van der Waals surface area contributed by atoms with Gasteiger partial charge in [0.05, 0.1) is 30.9 Å². The first kappa shape index (κ1) is 18.6. The highest BCUT2D eigenvalue weighted by Gasteiger charge is 2.14. The number of hydrogen-bond acceptors (Lipinski definition) is 6. The van der Waals surface area contributed by atoms with Crippen LogP contribution in [0.15, 0.2) is 91.5 Å². The zero-order chi connectivity index (χ0) is 21.0. The molecular formula is C24H19N5O2. The topological polar surface area (TPSA) is 73.6 Å². The number of fused-ring (bicyclic) bond motifs is 1. The van der Waals surface area contributed by atoms with E-state index < -0.39 is 0 Å². The van der Waals surface area contributed by atoms with Gasteiger partial charge in [-0.25, -0.2) is 15.0 Å². The lowest BCUT2D eigenvalue weighted by atomic mass is 10.1. The number of rotatable bonds is 6. The molecule has 0 spiro atoms. The van der Waals surface area contributed by atoms with Crippen molar-refractivity contribution in [1.82, 2.24) is 19.4 Å². The van der Waals surface area contributed by atoms with Crippen molar-refractivity contribution in [2.75, 3.05) is 12.4 Å². The molecule has 2 aromatic carbocycles. The quantitative estimate of drug-likeness (QED) is 0.408. The Balaban J connectivity index is 1.52. The third kappa shape index (κ3) is 3.76. The van der Waals surface area contributed by atoms with Crippen LogP contribution in [-0.2, 0) is 0 Å². The van der Waals surface area contributed by atoms with Crippen LogP contribution in [0.1, 0.15) is 0 Å². The summed E-state index contributed by atoms with van der Waals surface area (Å²) in [6.07, 6.45) is 7.13. The second kappa shape index (κ2) is 8.16. The molecule has 0 aliphatic heterocycles. The zero-order valence-corrected chi connectivity index (χ0v) is 16.8. The molecule has 7 nitrogen and oxygen atoms in total. The summed E-state index contributed by atoms with van der Waals surface area (Å²) in [5.74, 6) is 2.71. The number of pyridine rings is 1. The summed E-state index contributed by atoms with van der Waals surface area (Å²) in [4.78, 5) is 13.3. The molecule has 0 amide bonds. The molecule has 0 aliphatic carbocycles. The minimum absolute atomic E-state index is 0.551. The van der Waals surface area contributed by atoms with Crippen molar-refractivity contribution in [3.63, 3.8) is 0 Å². The smallest absolute Gasteiger partial charge is 0.213 e. The van der Waals surface area contributed by atoms with Crippen LogP contribution in [0.25, 0.3) is 16.9 Å². The van der Waals surface area contributed by atoms with Gasteiger partial charge in [0.15, 0.2) is 11.5 Å². The lowest BCUT2D eigenvalue weighted by Crippen LogP contribution is -1.99. The molecule has 152 valence electrons. The highest BCUT2D eigenvalue weighted by molar-refractivity contribution is 5.76. The number of benzene rings is 2. The number of nitrogens with one attached hydrogen (secondary N) is 1. The Morgan fingerprint density at radius 1 is 0.839 bits per heavy atom. The number of anilines is 2. The van der Waals surface area contributed by atoms with E-state index in [1.165, 1.54) is 0 Å². The fraction of sp³-hybridized carbons (Fsp3) is 0.0417. The molecule has 0 radical (unpaired) electrons. The van der Waals surface area contributed by atoms with Crippen molar-refractivity contribution >= 4 is 17.2 Å². The van der Waals surface area contributed by atoms with E-state index >= 15 is 0 Å². The molecule has 0 bridgehead atoms. The molecule has 0 saturated carbocycles. The van der Waals surface area contributed by atoms with Gasteiger partial charge in [0.1, 0.15) is 11.5 Å². The molecule has 31 heavy (non-hydrogen) atoms. The summed E-state index contributed by atoms with van der Waals surface area (Å²) in [6.45, 7) is 0. The van der Waals surface area contributed by atoms with Gasteiger partial charge in [-0.2, -0.15) is 0 Å². The normalized spacial score (nSPS) is 10.7. The summed E-state index contributed by atoms with van der Waals surface area (Å²) in [7, 11) is 1.59. The highest BCUT2D eigenvalue weighted by atomic mass is 16.5. The van der Waals surface area contributed by atoms with Gasteiger partial charge in [-0.1, -0.05) is 30.3 Å². The van der Waals surface area contributed by atoms with Gasteiger partial charge in [0, 0.05) is 24.0 Å². The van der Waals surface area contributed by atoms with Gasteiger partial charge in [0.2, 0.25) is 5.88 Å². The molecule has 0 unspecified atom stereocenters. The predicted octanol–water partition coefficient (Wildman–Crippen LogP) is 5.34. The van der Waals surface area contributed by atoms with E-state index in [0.717, 1.165) is 28.4 Å². The molecule has 0 fully saturated rings. The third-order valence-electron chi connectivity index (χ3n) is 4.77. The molecule has 5 rings (SSSR count). The Morgan fingerprint density at radius 3 is 2.48 bits per heavy atom. The Morgan fingerprint density at radius 2 is 1.68 bits per heavy atom. The van der Waals surface area contributed by atoms with Crippen LogP contribution >= 0.6 is 0 Å². The largest absolute Gasteiger partial charge is 0.481 e. The van der Waals surface area contributed by atoms with E-state index in [2.05, 4.69) is 20.3 Å². The second-order valence-electron chi connectivity index (χ2n) is 6.74. The fourth-order valence-corrected chi connectivity index (χ4v) is 3.30. The first-order valence-electron chi connectivity index (χ1n) is 9.73. The molecular weight excluding hydrogens is 390 g/mol. The van der Waals surface area contributed by atoms with E-state index in [0.29, 0.717) is 17.3 Å². The number of methoxy groups -OCH3 is 1. The summed E-state index contributed by atoms with van der Waals surface area (Å²) in [6, 6.07) is 21.3. The number of aromatic nitrogens is 4. The van der Waals surface area contributed by atoms with Gasteiger partial charge in [-0.05, 0) is 30.3 Å². The van der Waals surface area contributed by atoms with Crippen LogP contribution in [0.2, 0.25) is 0 Å². The van der Waals surface area contributed by atoms with Gasteiger partial charge in [-0.3, -0.25) is 4.40 Å². The Hall–Kier alpha value is -4.39. The van der Waals surface area contributed by atoms with Gasteiger partial charge >= 0.3 is 0 Å². The minimum atomic E-state index is 0.551. The number of ether oxygens (including phenoxy) is 2. The second-order valence-corrected chi connectivity index (χ2v) is 6.74. The van der Waals surface area contributed by atoms with Crippen LogP contribution < -0.4 is 14.8 Å². The van der Waals surface area contributed by atoms with Gasteiger partial charge < -0.3 is 14.8 Å². The first-order valence-corrected chi connectivity index (χ1v) is 9.73. The van der Waals surface area contributed by atoms with Crippen LogP contribution in [0.3, 0.4) is 0 Å². The fourth-order valence-electron chi connectivity index (χ4n) is 3.30. The van der Waals surface area contributed by atoms with E-state index in [1.54, 1.807) is 25.6 Å². The Labute approximate surface area is 179 Å². The number of imidazole rings is 1. The lowest BCUT2D eigenvalue weighted by molar-refractivity contribution is 0.398. The maximum Gasteiger partial charge on any atom is 0.213 e. The lowest BCUT2D eigenvalue weighted by Gasteiger charge is -2.12. The van der Waals surface area contributed by atoms with E-state index in [-0.39, 0.29) is 0 Å². The molecule has 3 heterocycles. The Kier molecular flexibility index (Phi) is 4.90.